The molecule has 1 aliphatic heterocycles. The zero-order chi connectivity index (χ0) is 24.5. The minimum atomic E-state index is -0.333. The summed E-state index contributed by atoms with van der Waals surface area (Å²) in [6.45, 7) is 5.66. The molecule has 182 valence electrons. The van der Waals surface area contributed by atoms with E-state index in [0.717, 1.165) is 69.9 Å². The average molecular weight is 483 g/mol. The molecule has 1 aliphatic rings. The van der Waals surface area contributed by atoms with Crippen molar-refractivity contribution in [2.75, 3.05) is 26.2 Å². The second-order valence-corrected chi connectivity index (χ2v) is 9.26. The number of H-pyrrole nitrogens is 2. The van der Waals surface area contributed by atoms with Crippen LogP contribution < -0.4 is 4.74 Å². The van der Waals surface area contributed by atoms with Gasteiger partial charge in [-0.15, -0.1) is 0 Å². The maximum Gasteiger partial charge on any atom is 0.127 e. The van der Waals surface area contributed by atoms with Crippen LogP contribution in [0.15, 0.2) is 61.2 Å². The van der Waals surface area contributed by atoms with Crippen molar-refractivity contribution in [2.45, 2.75) is 19.8 Å². The summed E-state index contributed by atoms with van der Waals surface area (Å²) in [5.74, 6) is 0.195. The van der Waals surface area contributed by atoms with E-state index >= 15 is 0 Å². The van der Waals surface area contributed by atoms with E-state index in [2.05, 4.69) is 30.0 Å². The van der Waals surface area contributed by atoms with Crippen molar-refractivity contribution in [2.24, 2.45) is 0 Å². The Kier molecular flexibility index (Phi) is 5.95. The van der Waals surface area contributed by atoms with Crippen molar-refractivity contribution < 1.29 is 9.13 Å². The molecule has 6 rings (SSSR count). The van der Waals surface area contributed by atoms with E-state index in [9.17, 15) is 4.39 Å². The number of likely N-dealkylation sites (tertiary alicyclic amines) is 1. The van der Waals surface area contributed by atoms with Gasteiger partial charge in [0.05, 0.1) is 23.1 Å². The molecule has 5 heterocycles. The van der Waals surface area contributed by atoms with Crippen LogP contribution in [0.2, 0.25) is 0 Å². The summed E-state index contributed by atoms with van der Waals surface area (Å²) in [5.41, 5.74) is 7.06. The van der Waals surface area contributed by atoms with Crippen molar-refractivity contribution in [3.63, 3.8) is 0 Å². The quantitative estimate of drug-likeness (QED) is 0.315. The molecule has 0 atom stereocenters. The number of nitrogens with zero attached hydrogens (tertiary/aromatic N) is 4. The number of aromatic nitrogens is 5. The van der Waals surface area contributed by atoms with E-state index in [0.29, 0.717) is 12.4 Å². The van der Waals surface area contributed by atoms with Gasteiger partial charge in [-0.2, -0.15) is 5.10 Å². The number of nitrogens with one attached hydrogen (secondary N) is 2. The first-order valence-corrected chi connectivity index (χ1v) is 12.2. The minimum absolute atomic E-state index is 0.333. The molecule has 0 aliphatic carbocycles. The number of aromatic amines is 2. The van der Waals surface area contributed by atoms with Crippen molar-refractivity contribution in [3.05, 3.63) is 72.6 Å². The number of fused-ring (bicyclic) bond motifs is 1. The lowest BCUT2D eigenvalue weighted by atomic mass is 10.0. The summed E-state index contributed by atoms with van der Waals surface area (Å²) >= 11 is 0. The largest absolute Gasteiger partial charge is 0.492 e. The van der Waals surface area contributed by atoms with Crippen LogP contribution in [-0.2, 0) is 0 Å². The molecule has 0 saturated carbocycles. The first kappa shape index (κ1) is 22.4. The van der Waals surface area contributed by atoms with Crippen LogP contribution >= 0.6 is 0 Å². The van der Waals surface area contributed by atoms with E-state index < -0.39 is 0 Å². The highest BCUT2D eigenvalue weighted by atomic mass is 19.1. The fourth-order valence-corrected chi connectivity index (χ4v) is 4.86. The SMILES string of the molecule is Cc1ccncc1-c1cc(-c2cc3c(-c4cc(F)cc(OCCN5CCCC5)c4)cncc3[nH]2)n[nH]1. The summed E-state index contributed by atoms with van der Waals surface area (Å²) in [6.07, 6.45) is 9.62. The number of rotatable bonds is 7. The number of benzene rings is 1. The third kappa shape index (κ3) is 4.47. The van der Waals surface area contributed by atoms with Gasteiger partial charge in [0.2, 0.25) is 0 Å². The van der Waals surface area contributed by atoms with Gasteiger partial charge < -0.3 is 9.72 Å². The second kappa shape index (κ2) is 9.54. The van der Waals surface area contributed by atoms with Crippen molar-refractivity contribution >= 4 is 10.9 Å². The lowest BCUT2D eigenvalue weighted by molar-refractivity contribution is 0.237. The number of pyridine rings is 2. The van der Waals surface area contributed by atoms with E-state index in [1.807, 2.05) is 37.4 Å². The van der Waals surface area contributed by atoms with Gasteiger partial charge in [-0.25, -0.2) is 4.39 Å². The zero-order valence-electron chi connectivity index (χ0n) is 20.1. The Morgan fingerprint density at radius 2 is 1.83 bits per heavy atom. The molecule has 0 bridgehead atoms. The number of hydrogen-bond donors (Lipinski definition) is 2. The summed E-state index contributed by atoms with van der Waals surface area (Å²) in [6, 6.07) is 10.8. The van der Waals surface area contributed by atoms with Crippen LogP contribution in [0.4, 0.5) is 4.39 Å². The van der Waals surface area contributed by atoms with E-state index in [1.54, 1.807) is 18.6 Å². The molecule has 7 nitrogen and oxygen atoms in total. The molecule has 0 radical (unpaired) electrons. The van der Waals surface area contributed by atoms with Crippen LogP contribution in [0.1, 0.15) is 18.4 Å². The molecule has 8 heteroatoms. The van der Waals surface area contributed by atoms with Crippen LogP contribution in [0.3, 0.4) is 0 Å². The molecule has 0 amide bonds. The first-order valence-electron chi connectivity index (χ1n) is 12.2. The third-order valence-corrected chi connectivity index (χ3v) is 6.79. The minimum Gasteiger partial charge on any atom is -0.492 e. The topological polar surface area (TPSA) is 82.7 Å². The summed E-state index contributed by atoms with van der Waals surface area (Å²) < 4.78 is 20.5. The Bertz CT molecular complexity index is 1520. The average Bonchev–Trinajstić information content (AvgIpc) is 3.64. The van der Waals surface area contributed by atoms with Gasteiger partial charge >= 0.3 is 0 Å². The molecule has 1 fully saturated rings. The molecule has 1 aromatic carbocycles. The maximum atomic E-state index is 14.6. The van der Waals surface area contributed by atoms with Crippen molar-refractivity contribution in [1.82, 2.24) is 30.0 Å². The Labute approximate surface area is 208 Å². The molecular weight excluding hydrogens is 455 g/mol. The predicted molar refractivity (Wildman–Crippen MR) is 138 cm³/mol. The Morgan fingerprint density at radius 1 is 0.972 bits per heavy atom. The van der Waals surface area contributed by atoms with E-state index in [1.165, 1.54) is 25.0 Å². The molecule has 0 unspecified atom stereocenters. The van der Waals surface area contributed by atoms with Crippen LogP contribution in [-0.4, -0.2) is 56.3 Å². The second-order valence-electron chi connectivity index (χ2n) is 9.26. The van der Waals surface area contributed by atoms with Crippen molar-refractivity contribution in [1.29, 1.82) is 0 Å². The van der Waals surface area contributed by atoms with Gasteiger partial charge in [-0.1, -0.05) is 0 Å². The van der Waals surface area contributed by atoms with Gasteiger partial charge in [0.1, 0.15) is 23.9 Å². The van der Waals surface area contributed by atoms with Crippen LogP contribution in [0.5, 0.6) is 5.75 Å². The summed E-state index contributed by atoms with van der Waals surface area (Å²) in [4.78, 5) is 14.4. The lowest BCUT2D eigenvalue weighted by Crippen LogP contribution is -2.25. The fourth-order valence-electron chi connectivity index (χ4n) is 4.86. The third-order valence-electron chi connectivity index (χ3n) is 6.79. The fraction of sp³-hybridized carbons (Fsp3) is 0.250. The van der Waals surface area contributed by atoms with Crippen LogP contribution in [0.25, 0.3) is 44.7 Å². The standard InChI is InChI=1S/C28H27FN6O/c1-18-4-5-30-15-23(18)25-14-27(34-33-25)26-13-22-24(16-31-17-28(22)32-26)19-10-20(29)12-21(11-19)36-9-8-35-6-2-3-7-35/h4-5,10-17,32H,2-3,6-9H2,1H3,(H,33,34). The van der Waals surface area contributed by atoms with Crippen molar-refractivity contribution in [3.8, 4) is 39.5 Å². The molecule has 2 N–H and O–H groups in total. The van der Waals surface area contributed by atoms with Gasteiger partial charge in [0.25, 0.3) is 0 Å². The predicted octanol–water partition coefficient (Wildman–Crippen LogP) is 5.60. The number of ether oxygens (including phenoxy) is 1. The summed E-state index contributed by atoms with van der Waals surface area (Å²) in [7, 11) is 0. The number of halogens is 1. The number of aryl methyl sites for hydroxylation is 1. The molecular formula is C28H27FN6O. The summed E-state index contributed by atoms with van der Waals surface area (Å²) in [5, 5.41) is 8.56. The van der Waals surface area contributed by atoms with Gasteiger partial charge in [0, 0.05) is 47.7 Å². The Balaban J connectivity index is 1.29. The molecule has 5 aromatic rings. The highest BCUT2D eigenvalue weighted by molar-refractivity contribution is 5.97. The monoisotopic (exact) mass is 482 g/mol. The molecule has 1 saturated heterocycles. The van der Waals surface area contributed by atoms with E-state index in [-0.39, 0.29) is 5.82 Å². The normalized spacial score (nSPS) is 14.1. The number of hydrogen-bond acceptors (Lipinski definition) is 5. The first-order chi connectivity index (χ1) is 17.6. The highest BCUT2D eigenvalue weighted by Crippen LogP contribution is 2.34. The maximum absolute atomic E-state index is 14.6. The zero-order valence-corrected chi connectivity index (χ0v) is 20.1. The Hall–Kier alpha value is -4.04. The van der Waals surface area contributed by atoms with Crippen LogP contribution in [0, 0.1) is 12.7 Å². The van der Waals surface area contributed by atoms with Gasteiger partial charge in [0.15, 0.2) is 0 Å². The Morgan fingerprint density at radius 3 is 2.69 bits per heavy atom. The van der Waals surface area contributed by atoms with Gasteiger partial charge in [-0.05, 0) is 74.3 Å². The molecule has 0 spiro atoms. The lowest BCUT2D eigenvalue weighted by Gasteiger charge is -2.15. The molecule has 36 heavy (non-hydrogen) atoms. The smallest absolute Gasteiger partial charge is 0.127 e. The van der Waals surface area contributed by atoms with Gasteiger partial charge in [-0.3, -0.25) is 20.0 Å². The van der Waals surface area contributed by atoms with E-state index in [4.69, 9.17) is 4.74 Å². The highest BCUT2D eigenvalue weighted by Gasteiger charge is 2.15. The molecule has 4 aromatic heterocycles.